The number of carbonyl (C=O) groups is 2. The Bertz CT molecular complexity index is 500. The molecule has 1 saturated heterocycles. The zero-order chi connectivity index (χ0) is 15.4. The van der Waals surface area contributed by atoms with Gasteiger partial charge >= 0.3 is 0 Å². The number of nitrogens with one attached hydrogen (secondary N) is 1. The van der Waals surface area contributed by atoms with Crippen LogP contribution in [-0.4, -0.2) is 29.8 Å². The Kier molecular flexibility index (Phi) is 4.99. The van der Waals surface area contributed by atoms with Crippen molar-refractivity contribution >= 4 is 17.5 Å². The van der Waals surface area contributed by atoms with E-state index in [4.69, 9.17) is 0 Å². The van der Waals surface area contributed by atoms with Gasteiger partial charge in [-0.15, -0.1) is 0 Å². The topological polar surface area (TPSA) is 49.4 Å². The molecule has 0 aliphatic carbocycles. The Morgan fingerprint density at radius 2 is 1.71 bits per heavy atom. The van der Waals surface area contributed by atoms with Crippen molar-refractivity contribution in [1.82, 2.24) is 4.90 Å². The van der Waals surface area contributed by atoms with Crippen LogP contribution in [0.3, 0.4) is 0 Å². The molecule has 1 heterocycles. The Balaban J connectivity index is 1.86. The maximum atomic E-state index is 12.2. The summed E-state index contributed by atoms with van der Waals surface area (Å²) in [5.74, 6) is 0.286. The van der Waals surface area contributed by atoms with E-state index in [0.29, 0.717) is 13.1 Å². The Morgan fingerprint density at radius 1 is 1.14 bits per heavy atom. The number of hydrogen-bond donors (Lipinski definition) is 1. The van der Waals surface area contributed by atoms with Crippen LogP contribution in [0.2, 0.25) is 0 Å². The van der Waals surface area contributed by atoms with E-state index in [1.807, 2.05) is 49.9 Å². The van der Waals surface area contributed by atoms with Crippen molar-refractivity contribution in [2.45, 2.75) is 33.6 Å². The fourth-order valence-corrected chi connectivity index (χ4v) is 2.61. The normalized spacial score (nSPS) is 16.1. The van der Waals surface area contributed by atoms with Gasteiger partial charge in [0, 0.05) is 30.6 Å². The zero-order valence-corrected chi connectivity index (χ0v) is 13.1. The van der Waals surface area contributed by atoms with Crippen LogP contribution in [0.5, 0.6) is 0 Å². The molecule has 0 aromatic heterocycles. The molecule has 0 bridgehead atoms. The molecule has 114 valence electrons. The quantitative estimate of drug-likeness (QED) is 0.929. The number of aryl methyl sites for hydroxylation is 1. The summed E-state index contributed by atoms with van der Waals surface area (Å²) >= 11 is 0. The van der Waals surface area contributed by atoms with E-state index in [-0.39, 0.29) is 23.7 Å². The fraction of sp³-hybridized carbons (Fsp3) is 0.529. The minimum Gasteiger partial charge on any atom is -0.342 e. The lowest BCUT2D eigenvalue weighted by atomic mass is 9.95. The fourth-order valence-electron chi connectivity index (χ4n) is 2.61. The van der Waals surface area contributed by atoms with Crippen LogP contribution in [0.15, 0.2) is 24.3 Å². The van der Waals surface area contributed by atoms with Gasteiger partial charge in [0.05, 0.1) is 0 Å². The summed E-state index contributed by atoms with van der Waals surface area (Å²) in [7, 11) is 0. The first-order chi connectivity index (χ1) is 9.97. The van der Waals surface area contributed by atoms with E-state index >= 15 is 0 Å². The minimum absolute atomic E-state index is 0.00233. The van der Waals surface area contributed by atoms with Crippen LogP contribution in [0.25, 0.3) is 0 Å². The smallest absolute Gasteiger partial charge is 0.227 e. The van der Waals surface area contributed by atoms with E-state index in [1.165, 1.54) is 5.56 Å². The lowest BCUT2D eigenvalue weighted by molar-refractivity contribution is -0.137. The summed E-state index contributed by atoms with van der Waals surface area (Å²) in [6.07, 6.45) is 1.49. The van der Waals surface area contributed by atoms with Crippen molar-refractivity contribution in [2.24, 2.45) is 11.8 Å². The number of anilines is 1. The van der Waals surface area contributed by atoms with Crippen molar-refractivity contribution in [3.63, 3.8) is 0 Å². The van der Waals surface area contributed by atoms with Gasteiger partial charge in [-0.3, -0.25) is 9.59 Å². The first kappa shape index (κ1) is 15.5. The van der Waals surface area contributed by atoms with Gasteiger partial charge in [-0.1, -0.05) is 31.5 Å². The van der Waals surface area contributed by atoms with E-state index in [2.05, 4.69) is 5.32 Å². The highest BCUT2D eigenvalue weighted by atomic mass is 16.2. The molecule has 1 aliphatic rings. The molecule has 21 heavy (non-hydrogen) atoms. The van der Waals surface area contributed by atoms with Crippen LogP contribution < -0.4 is 5.32 Å². The molecule has 0 spiro atoms. The number of hydrogen-bond acceptors (Lipinski definition) is 2. The third-order valence-corrected chi connectivity index (χ3v) is 3.99. The molecule has 0 radical (unpaired) electrons. The van der Waals surface area contributed by atoms with Gasteiger partial charge < -0.3 is 10.2 Å². The van der Waals surface area contributed by atoms with Gasteiger partial charge in [0.15, 0.2) is 0 Å². The summed E-state index contributed by atoms with van der Waals surface area (Å²) < 4.78 is 0. The van der Waals surface area contributed by atoms with Gasteiger partial charge in [-0.05, 0) is 31.9 Å². The Labute approximate surface area is 126 Å². The molecule has 4 heteroatoms. The van der Waals surface area contributed by atoms with Gasteiger partial charge in [0.25, 0.3) is 0 Å². The SMILES string of the molecule is Cc1ccc(NC(=O)C2CCN(C(=O)C(C)C)CC2)cc1. The van der Waals surface area contributed by atoms with Crippen LogP contribution in [-0.2, 0) is 9.59 Å². The average Bonchev–Trinajstić information content (AvgIpc) is 2.49. The summed E-state index contributed by atoms with van der Waals surface area (Å²) in [6, 6.07) is 7.81. The third-order valence-electron chi connectivity index (χ3n) is 3.99. The standard InChI is InChI=1S/C17H24N2O2/c1-12(2)17(21)19-10-8-14(9-11-19)16(20)18-15-6-4-13(3)5-7-15/h4-7,12,14H,8-11H2,1-3H3,(H,18,20). The molecular formula is C17H24N2O2. The molecule has 1 aliphatic heterocycles. The number of benzene rings is 1. The molecule has 1 fully saturated rings. The highest BCUT2D eigenvalue weighted by molar-refractivity contribution is 5.92. The van der Waals surface area contributed by atoms with Crippen LogP contribution in [0.1, 0.15) is 32.3 Å². The zero-order valence-electron chi connectivity index (χ0n) is 13.1. The summed E-state index contributed by atoms with van der Waals surface area (Å²) in [5.41, 5.74) is 2.01. The average molecular weight is 288 g/mol. The van der Waals surface area contributed by atoms with Crippen molar-refractivity contribution in [2.75, 3.05) is 18.4 Å². The second-order valence-corrected chi connectivity index (χ2v) is 6.11. The van der Waals surface area contributed by atoms with Gasteiger partial charge in [-0.25, -0.2) is 0 Å². The van der Waals surface area contributed by atoms with Gasteiger partial charge in [0.1, 0.15) is 0 Å². The van der Waals surface area contributed by atoms with Gasteiger partial charge in [0.2, 0.25) is 11.8 Å². The van der Waals surface area contributed by atoms with Crippen LogP contribution in [0, 0.1) is 18.8 Å². The van der Waals surface area contributed by atoms with E-state index in [9.17, 15) is 9.59 Å². The third kappa shape index (κ3) is 4.06. The molecule has 0 saturated carbocycles. The molecule has 0 atom stereocenters. The summed E-state index contributed by atoms with van der Waals surface area (Å²) in [5, 5.41) is 2.96. The monoisotopic (exact) mass is 288 g/mol. The second kappa shape index (κ2) is 6.74. The molecule has 2 amide bonds. The predicted molar refractivity (Wildman–Crippen MR) is 84.0 cm³/mol. The lowest BCUT2D eigenvalue weighted by Crippen LogP contribution is -2.43. The number of nitrogens with zero attached hydrogens (tertiary/aromatic N) is 1. The second-order valence-electron chi connectivity index (χ2n) is 6.11. The van der Waals surface area contributed by atoms with Crippen molar-refractivity contribution in [3.05, 3.63) is 29.8 Å². The molecule has 4 nitrogen and oxygen atoms in total. The van der Waals surface area contributed by atoms with Crippen molar-refractivity contribution < 1.29 is 9.59 Å². The largest absolute Gasteiger partial charge is 0.342 e. The molecule has 2 rings (SSSR count). The minimum atomic E-state index is 0.00233. The number of rotatable bonds is 3. The first-order valence-electron chi connectivity index (χ1n) is 7.63. The number of likely N-dealkylation sites (tertiary alicyclic amines) is 1. The number of amides is 2. The van der Waals surface area contributed by atoms with Crippen LogP contribution >= 0.6 is 0 Å². The van der Waals surface area contributed by atoms with Crippen LogP contribution in [0.4, 0.5) is 5.69 Å². The van der Waals surface area contributed by atoms with Crippen molar-refractivity contribution in [1.29, 1.82) is 0 Å². The lowest BCUT2D eigenvalue weighted by Gasteiger charge is -2.32. The highest BCUT2D eigenvalue weighted by Crippen LogP contribution is 2.21. The highest BCUT2D eigenvalue weighted by Gasteiger charge is 2.28. The van der Waals surface area contributed by atoms with E-state index < -0.39 is 0 Å². The van der Waals surface area contributed by atoms with Gasteiger partial charge in [-0.2, -0.15) is 0 Å². The first-order valence-corrected chi connectivity index (χ1v) is 7.63. The molecular weight excluding hydrogens is 264 g/mol. The molecule has 1 N–H and O–H groups in total. The number of piperidine rings is 1. The molecule has 1 aromatic rings. The molecule has 0 unspecified atom stereocenters. The Morgan fingerprint density at radius 3 is 2.24 bits per heavy atom. The van der Waals surface area contributed by atoms with E-state index in [1.54, 1.807) is 0 Å². The number of carbonyl (C=O) groups excluding carboxylic acids is 2. The summed E-state index contributed by atoms with van der Waals surface area (Å²) in [4.78, 5) is 26.0. The summed E-state index contributed by atoms with van der Waals surface area (Å²) in [6.45, 7) is 7.22. The van der Waals surface area contributed by atoms with Crippen molar-refractivity contribution in [3.8, 4) is 0 Å². The maximum Gasteiger partial charge on any atom is 0.227 e. The Hall–Kier alpha value is -1.84. The molecule has 1 aromatic carbocycles. The van der Waals surface area contributed by atoms with E-state index in [0.717, 1.165) is 18.5 Å². The maximum absolute atomic E-state index is 12.2. The predicted octanol–water partition coefficient (Wildman–Crippen LogP) is 2.83.